The van der Waals surface area contributed by atoms with Crippen molar-refractivity contribution in [3.05, 3.63) is 59.6 Å². The number of carbonyl (C=O) groups excluding carboxylic acids is 2. The normalized spacial score (nSPS) is 9.85. The summed E-state index contributed by atoms with van der Waals surface area (Å²) in [6, 6.07) is 9.66. The van der Waals surface area contributed by atoms with E-state index in [4.69, 9.17) is 0 Å². The van der Waals surface area contributed by atoms with Crippen molar-refractivity contribution in [2.45, 2.75) is 6.92 Å². The van der Waals surface area contributed by atoms with E-state index in [1.165, 1.54) is 31.5 Å². The summed E-state index contributed by atoms with van der Waals surface area (Å²) in [7, 11) is 0. The predicted molar refractivity (Wildman–Crippen MR) is 74.1 cm³/mol. The van der Waals surface area contributed by atoms with Gasteiger partial charge in [-0.05, 0) is 18.2 Å². The molecule has 2 aromatic rings. The Morgan fingerprint density at radius 3 is 2.25 bits per heavy atom. The Labute approximate surface area is 115 Å². The van der Waals surface area contributed by atoms with Crippen molar-refractivity contribution >= 4 is 23.2 Å². The molecule has 6 nitrogen and oxygen atoms in total. The molecule has 2 amide bonds. The van der Waals surface area contributed by atoms with Crippen LogP contribution in [0.5, 0.6) is 0 Å². The number of hydrogen-bond acceptors (Lipinski definition) is 3. The number of rotatable bonds is 3. The molecule has 0 aliphatic rings. The number of carbonyl (C=O) groups is 2. The number of benzene rings is 1. The Kier molecular flexibility index (Phi) is 3.95. The zero-order valence-corrected chi connectivity index (χ0v) is 10.8. The van der Waals surface area contributed by atoms with E-state index in [1.807, 2.05) is 0 Å². The highest BCUT2D eigenvalue weighted by Crippen LogP contribution is 2.15. The van der Waals surface area contributed by atoms with Gasteiger partial charge in [-0.2, -0.15) is 4.73 Å². The molecule has 0 saturated heterocycles. The third-order valence-electron chi connectivity index (χ3n) is 2.51. The Bertz CT molecular complexity index is 638. The average molecular weight is 271 g/mol. The van der Waals surface area contributed by atoms with E-state index in [9.17, 15) is 14.8 Å². The fourth-order valence-electron chi connectivity index (χ4n) is 1.65. The van der Waals surface area contributed by atoms with E-state index < -0.39 is 0 Å². The van der Waals surface area contributed by atoms with Crippen LogP contribution in [0.1, 0.15) is 17.3 Å². The Hall–Kier alpha value is -2.89. The molecule has 0 fully saturated rings. The largest absolute Gasteiger partial charge is 0.619 e. The first-order valence-electron chi connectivity index (χ1n) is 5.92. The molecule has 0 atom stereocenters. The summed E-state index contributed by atoms with van der Waals surface area (Å²) in [5.74, 6) is -0.512. The highest BCUT2D eigenvalue weighted by Gasteiger charge is 2.07. The van der Waals surface area contributed by atoms with E-state index in [2.05, 4.69) is 10.6 Å². The van der Waals surface area contributed by atoms with Gasteiger partial charge >= 0.3 is 0 Å². The van der Waals surface area contributed by atoms with E-state index in [-0.39, 0.29) is 11.8 Å². The van der Waals surface area contributed by atoms with Crippen molar-refractivity contribution in [2.75, 3.05) is 10.6 Å². The van der Waals surface area contributed by atoms with Crippen molar-refractivity contribution in [1.29, 1.82) is 0 Å². The third-order valence-corrected chi connectivity index (χ3v) is 2.51. The first-order valence-corrected chi connectivity index (χ1v) is 5.92. The van der Waals surface area contributed by atoms with Gasteiger partial charge in [0.1, 0.15) is 0 Å². The van der Waals surface area contributed by atoms with Gasteiger partial charge in [-0.1, -0.05) is 6.07 Å². The Balaban J connectivity index is 2.11. The van der Waals surface area contributed by atoms with Crippen molar-refractivity contribution in [2.24, 2.45) is 0 Å². The summed E-state index contributed by atoms with van der Waals surface area (Å²) in [5.41, 5.74) is 1.53. The lowest BCUT2D eigenvalue weighted by Gasteiger charge is -2.07. The minimum absolute atomic E-state index is 0.184. The first-order chi connectivity index (χ1) is 9.54. The van der Waals surface area contributed by atoms with Gasteiger partial charge in [0.2, 0.25) is 5.91 Å². The van der Waals surface area contributed by atoms with Gasteiger partial charge in [-0.3, -0.25) is 9.59 Å². The van der Waals surface area contributed by atoms with E-state index in [0.717, 1.165) is 0 Å². The van der Waals surface area contributed by atoms with Crippen molar-refractivity contribution in [3.8, 4) is 0 Å². The highest BCUT2D eigenvalue weighted by atomic mass is 16.5. The second kappa shape index (κ2) is 5.83. The summed E-state index contributed by atoms with van der Waals surface area (Å²) in [6.07, 6.45) is 2.51. The van der Waals surface area contributed by atoms with Crippen molar-refractivity contribution in [3.63, 3.8) is 0 Å². The van der Waals surface area contributed by atoms with Gasteiger partial charge < -0.3 is 15.8 Å². The van der Waals surface area contributed by atoms with Gasteiger partial charge in [-0.15, -0.1) is 0 Å². The van der Waals surface area contributed by atoms with E-state index in [0.29, 0.717) is 21.7 Å². The van der Waals surface area contributed by atoms with Gasteiger partial charge in [0.25, 0.3) is 5.91 Å². The average Bonchev–Trinajstić information content (AvgIpc) is 2.39. The van der Waals surface area contributed by atoms with Gasteiger partial charge in [-0.25, -0.2) is 0 Å². The van der Waals surface area contributed by atoms with E-state index in [1.54, 1.807) is 24.3 Å². The van der Waals surface area contributed by atoms with Crippen LogP contribution in [-0.2, 0) is 4.79 Å². The summed E-state index contributed by atoms with van der Waals surface area (Å²) < 4.78 is 0.605. The fraction of sp³-hybridized carbons (Fsp3) is 0.0714. The van der Waals surface area contributed by atoms with Crippen LogP contribution in [0.4, 0.5) is 11.4 Å². The molecule has 0 bridgehead atoms. The minimum Gasteiger partial charge on any atom is -0.619 e. The van der Waals surface area contributed by atoms with Crippen LogP contribution in [0.2, 0.25) is 0 Å². The molecule has 0 unspecified atom stereocenters. The Morgan fingerprint density at radius 1 is 1.05 bits per heavy atom. The number of amides is 2. The molecule has 2 rings (SSSR count). The molecule has 102 valence electrons. The monoisotopic (exact) mass is 271 g/mol. The molecule has 0 spiro atoms. The van der Waals surface area contributed by atoms with Crippen molar-refractivity contribution in [1.82, 2.24) is 0 Å². The molecular formula is C14H13N3O3. The van der Waals surface area contributed by atoms with Crippen LogP contribution in [-0.4, -0.2) is 11.8 Å². The number of hydrogen-bond donors (Lipinski definition) is 2. The lowest BCUT2D eigenvalue weighted by molar-refractivity contribution is -0.605. The predicted octanol–water partition coefficient (Wildman–Crippen LogP) is 1.53. The van der Waals surface area contributed by atoms with Crippen LogP contribution >= 0.6 is 0 Å². The molecule has 1 aromatic carbocycles. The molecule has 1 heterocycles. The van der Waals surface area contributed by atoms with Crippen LogP contribution in [0.15, 0.2) is 48.8 Å². The van der Waals surface area contributed by atoms with Crippen LogP contribution in [0.25, 0.3) is 0 Å². The first kappa shape index (κ1) is 13.5. The molecule has 1 aromatic heterocycles. The number of nitrogens with one attached hydrogen (secondary N) is 2. The van der Waals surface area contributed by atoms with Gasteiger partial charge in [0.05, 0.1) is 5.56 Å². The van der Waals surface area contributed by atoms with Crippen molar-refractivity contribution < 1.29 is 14.3 Å². The smallest absolute Gasteiger partial charge is 0.256 e. The summed E-state index contributed by atoms with van der Waals surface area (Å²) in [6.45, 7) is 1.41. The fourth-order valence-corrected chi connectivity index (χ4v) is 1.65. The maximum atomic E-state index is 11.9. The summed E-state index contributed by atoms with van der Waals surface area (Å²) in [4.78, 5) is 22.9. The molecule has 0 aliphatic heterocycles. The van der Waals surface area contributed by atoms with Crippen LogP contribution < -0.4 is 15.4 Å². The maximum absolute atomic E-state index is 11.9. The summed E-state index contributed by atoms with van der Waals surface area (Å²) in [5, 5.41) is 16.2. The zero-order valence-electron chi connectivity index (χ0n) is 10.8. The highest BCUT2D eigenvalue weighted by molar-refractivity contribution is 6.04. The topological polar surface area (TPSA) is 85.1 Å². The zero-order chi connectivity index (χ0) is 14.5. The quantitative estimate of drug-likeness (QED) is 0.655. The third kappa shape index (κ3) is 3.55. The van der Waals surface area contributed by atoms with Crippen LogP contribution in [0.3, 0.4) is 0 Å². The van der Waals surface area contributed by atoms with Crippen LogP contribution in [0, 0.1) is 5.21 Å². The number of anilines is 2. The lowest BCUT2D eigenvalue weighted by atomic mass is 10.2. The molecule has 6 heteroatoms. The minimum atomic E-state index is -0.328. The number of pyridine rings is 1. The molecule has 20 heavy (non-hydrogen) atoms. The van der Waals surface area contributed by atoms with Gasteiger partial charge in [0, 0.05) is 30.4 Å². The number of aromatic nitrogens is 1. The maximum Gasteiger partial charge on any atom is 0.256 e. The second-order valence-electron chi connectivity index (χ2n) is 4.16. The molecule has 0 aliphatic carbocycles. The molecule has 0 radical (unpaired) electrons. The summed E-state index contributed by atoms with van der Waals surface area (Å²) >= 11 is 0. The molecule has 2 N–H and O–H groups in total. The SMILES string of the molecule is CC(=O)Nc1cccc(NC(=O)c2cc[n+]([O-])cc2)c1. The standard InChI is InChI=1S/C14H13N3O3/c1-10(18)15-12-3-2-4-13(9-12)16-14(19)11-5-7-17(20)8-6-11/h2-9H,1H3,(H,15,18)(H,16,19). The van der Waals surface area contributed by atoms with E-state index >= 15 is 0 Å². The second-order valence-corrected chi connectivity index (χ2v) is 4.16. The number of nitrogens with zero attached hydrogens (tertiary/aromatic N) is 1. The van der Waals surface area contributed by atoms with Gasteiger partial charge in [0.15, 0.2) is 12.4 Å². The Morgan fingerprint density at radius 2 is 1.65 bits per heavy atom. The molecular weight excluding hydrogens is 258 g/mol. The lowest BCUT2D eigenvalue weighted by Crippen LogP contribution is -2.25. The molecule has 0 saturated carbocycles.